The monoisotopic (exact) mass is 516 g/mol. The van der Waals surface area contributed by atoms with Crippen LogP contribution in [0.1, 0.15) is 50.8 Å². The molecule has 3 N–H and O–H groups in total. The molecular weight excluding hydrogens is 485 g/mol. The van der Waals surface area contributed by atoms with Crippen LogP contribution in [0.5, 0.6) is 0 Å². The van der Waals surface area contributed by atoms with E-state index >= 15 is 0 Å². The fraction of sp³-hybridized carbons (Fsp3) is 0.600. The van der Waals surface area contributed by atoms with Crippen molar-refractivity contribution >= 4 is 92.0 Å². The Morgan fingerprint density at radius 3 is 2.00 bits per heavy atom. The molecule has 0 radical (unpaired) electrons. The van der Waals surface area contributed by atoms with Crippen molar-refractivity contribution in [2.75, 3.05) is 38.4 Å². The molecule has 0 saturated carbocycles. The molecular formula is C20H32N6S5. The van der Waals surface area contributed by atoms with Crippen molar-refractivity contribution < 1.29 is 0 Å². The lowest BCUT2D eigenvalue weighted by Crippen LogP contribution is -2.58. The van der Waals surface area contributed by atoms with Crippen molar-refractivity contribution in [3.63, 3.8) is 0 Å². The Bertz CT molecular complexity index is 915. The summed E-state index contributed by atoms with van der Waals surface area (Å²) in [6, 6.07) is 0. The molecule has 0 saturated heterocycles. The predicted octanol–water partition coefficient (Wildman–Crippen LogP) is 4.34. The van der Waals surface area contributed by atoms with Gasteiger partial charge in [0.1, 0.15) is 0 Å². The first kappa shape index (κ1) is 26.1. The second kappa shape index (κ2) is 9.38. The highest BCUT2D eigenvalue weighted by Gasteiger charge is 2.50. The highest BCUT2D eigenvalue weighted by molar-refractivity contribution is 7.82. The topological polar surface area (TPSA) is 45.8 Å². The maximum absolute atomic E-state index is 5.76. The van der Waals surface area contributed by atoms with E-state index in [-0.39, 0.29) is 11.0 Å². The molecule has 0 aromatic carbocycles. The molecule has 1 aliphatic heterocycles. The quantitative estimate of drug-likeness (QED) is 0.506. The summed E-state index contributed by atoms with van der Waals surface area (Å²) in [4.78, 5) is 8.27. The van der Waals surface area contributed by atoms with Crippen LogP contribution in [0.15, 0.2) is 0 Å². The number of thiophene rings is 1. The highest BCUT2D eigenvalue weighted by atomic mass is 32.1. The summed E-state index contributed by atoms with van der Waals surface area (Å²) in [5.41, 5.74) is 1.74. The summed E-state index contributed by atoms with van der Waals surface area (Å²) in [6.07, 6.45) is 0.991. The van der Waals surface area contributed by atoms with Crippen LogP contribution in [0, 0.1) is 0 Å². The molecule has 2 heterocycles. The fourth-order valence-electron chi connectivity index (χ4n) is 3.10. The molecule has 1 aliphatic rings. The van der Waals surface area contributed by atoms with Gasteiger partial charge in [0.25, 0.3) is 0 Å². The number of nitrogens with one attached hydrogen (secondary N) is 3. The summed E-state index contributed by atoms with van der Waals surface area (Å²) in [5, 5.41) is 11.8. The molecule has 1 aromatic rings. The largest absolute Gasteiger partial charge is 0.355 e. The van der Waals surface area contributed by atoms with Crippen molar-refractivity contribution in [1.82, 2.24) is 20.4 Å². The second-order valence-electron chi connectivity index (χ2n) is 9.02. The minimum absolute atomic E-state index is 0.0300. The highest BCUT2D eigenvalue weighted by Crippen LogP contribution is 2.60. The van der Waals surface area contributed by atoms with Crippen LogP contribution in [0.25, 0.3) is 0 Å². The molecule has 31 heavy (non-hydrogen) atoms. The first-order valence-corrected chi connectivity index (χ1v) is 12.4. The number of anilines is 2. The Kier molecular flexibility index (Phi) is 7.90. The molecule has 0 atom stereocenters. The lowest BCUT2D eigenvalue weighted by Gasteiger charge is -2.49. The number of fused-ring (bicyclic) bond motifs is 1. The summed E-state index contributed by atoms with van der Waals surface area (Å²) in [7, 11) is 7.54. The van der Waals surface area contributed by atoms with Gasteiger partial charge < -0.3 is 30.7 Å². The minimum atomic E-state index is -0.251. The average molecular weight is 517 g/mol. The third-order valence-corrected chi connectivity index (χ3v) is 8.69. The average Bonchev–Trinajstić information content (AvgIpc) is 2.98. The molecule has 6 nitrogen and oxygen atoms in total. The van der Waals surface area contributed by atoms with E-state index in [4.69, 9.17) is 48.9 Å². The van der Waals surface area contributed by atoms with E-state index in [1.54, 1.807) is 0 Å². The Morgan fingerprint density at radius 1 is 1.00 bits per heavy atom. The summed E-state index contributed by atoms with van der Waals surface area (Å²) in [5.74, 6) is 0. The van der Waals surface area contributed by atoms with Crippen LogP contribution in [-0.4, -0.2) is 58.4 Å². The van der Waals surface area contributed by atoms with E-state index < -0.39 is 0 Å². The Balaban J connectivity index is 2.50. The van der Waals surface area contributed by atoms with Gasteiger partial charge in [0, 0.05) is 38.5 Å². The zero-order chi connectivity index (χ0) is 23.9. The van der Waals surface area contributed by atoms with Gasteiger partial charge in [-0.2, -0.15) is 0 Å². The normalized spacial score (nSPS) is 14.2. The van der Waals surface area contributed by atoms with Gasteiger partial charge in [-0.3, -0.25) is 0 Å². The maximum atomic E-state index is 5.76. The number of thiocarbonyl (C=S) groups is 4. The molecule has 1 aromatic heterocycles. The van der Waals surface area contributed by atoms with E-state index in [1.165, 1.54) is 9.75 Å². The number of hydrogen-bond donors (Lipinski definition) is 3. The lowest BCUT2D eigenvalue weighted by atomic mass is 9.84. The van der Waals surface area contributed by atoms with Crippen molar-refractivity contribution in [2.45, 2.75) is 52.0 Å². The van der Waals surface area contributed by atoms with Gasteiger partial charge in [-0.25, -0.2) is 0 Å². The van der Waals surface area contributed by atoms with Crippen molar-refractivity contribution in [2.24, 2.45) is 0 Å². The third kappa shape index (κ3) is 5.11. The van der Waals surface area contributed by atoms with Crippen LogP contribution in [0.4, 0.5) is 11.4 Å². The standard InChI is InChI=1S/C20H32N6S5/c1-10-19(2,3)13-11(21-15(27)22-16(28)24(6)7)12-14(31-13)20(4,5)26(12)18(30)23-17(29)25(8)9/h10H2,1-9H3,(H,23,29,30)(H2,21,22,27,28). The van der Waals surface area contributed by atoms with Gasteiger partial charge >= 0.3 is 0 Å². The summed E-state index contributed by atoms with van der Waals surface area (Å²) < 4.78 is 0. The fourth-order valence-corrected chi connectivity index (χ4v) is 5.55. The van der Waals surface area contributed by atoms with Gasteiger partial charge in [0.2, 0.25) is 0 Å². The first-order chi connectivity index (χ1) is 14.1. The van der Waals surface area contributed by atoms with Gasteiger partial charge in [-0.15, -0.1) is 11.3 Å². The first-order valence-electron chi connectivity index (χ1n) is 9.94. The van der Waals surface area contributed by atoms with Gasteiger partial charge in [-0.1, -0.05) is 20.8 Å². The SMILES string of the molecule is CCC(C)(C)c1sc2c(c1NC(=S)NC(=S)N(C)C)N(C(=S)NC(=S)N(C)C)C2(C)C. The zero-order valence-corrected chi connectivity index (χ0v) is 23.7. The molecule has 0 amide bonds. The van der Waals surface area contributed by atoms with Crippen LogP contribution >= 0.6 is 60.2 Å². The van der Waals surface area contributed by atoms with Crippen LogP contribution in [-0.2, 0) is 11.0 Å². The van der Waals surface area contributed by atoms with E-state index in [0.717, 1.165) is 17.8 Å². The second-order valence-corrected chi connectivity index (χ2v) is 11.6. The molecule has 172 valence electrons. The van der Waals surface area contributed by atoms with Crippen LogP contribution in [0.2, 0.25) is 0 Å². The molecule has 2 rings (SSSR count). The van der Waals surface area contributed by atoms with Gasteiger partial charge in [0.05, 0.1) is 21.8 Å². The number of nitrogens with zero attached hydrogens (tertiary/aromatic N) is 3. The molecule has 0 unspecified atom stereocenters. The predicted molar refractivity (Wildman–Crippen MR) is 151 cm³/mol. The van der Waals surface area contributed by atoms with E-state index in [2.05, 4.69) is 55.5 Å². The Hall–Kier alpha value is -1.14. The number of rotatable bonds is 3. The van der Waals surface area contributed by atoms with Crippen molar-refractivity contribution in [3.8, 4) is 0 Å². The minimum Gasteiger partial charge on any atom is -0.355 e. The molecule has 0 fully saturated rings. The zero-order valence-electron chi connectivity index (χ0n) is 19.6. The maximum Gasteiger partial charge on any atom is 0.180 e. The molecule has 0 aliphatic carbocycles. The summed E-state index contributed by atoms with van der Waals surface area (Å²) in [6.45, 7) is 11.0. The van der Waals surface area contributed by atoms with Gasteiger partial charge in [0.15, 0.2) is 20.4 Å². The summed E-state index contributed by atoms with van der Waals surface area (Å²) >= 11 is 23.9. The number of hydrogen-bond acceptors (Lipinski definition) is 5. The lowest BCUT2D eigenvalue weighted by molar-refractivity contribution is 0.508. The molecule has 0 spiro atoms. The van der Waals surface area contributed by atoms with Crippen molar-refractivity contribution in [3.05, 3.63) is 9.75 Å². The molecule has 11 heteroatoms. The Morgan fingerprint density at radius 2 is 1.52 bits per heavy atom. The van der Waals surface area contributed by atoms with E-state index in [0.29, 0.717) is 20.4 Å². The van der Waals surface area contributed by atoms with Crippen LogP contribution in [0.3, 0.4) is 0 Å². The van der Waals surface area contributed by atoms with Gasteiger partial charge in [-0.05, 0) is 69.1 Å². The molecule has 0 bridgehead atoms. The van der Waals surface area contributed by atoms with E-state index in [9.17, 15) is 0 Å². The van der Waals surface area contributed by atoms with Crippen molar-refractivity contribution in [1.29, 1.82) is 0 Å². The van der Waals surface area contributed by atoms with Crippen LogP contribution < -0.4 is 20.9 Å². The van der Waals surface area contributed by atoms with E-state index in [1.807, 2.05) is 49.3 Å². The Labute approximate surface area is 211 Å². The smallest absolute Gasteiger partial charge is 0.180 e. The third-order valence-electron chi connectivity index (χ3n) is 5.41.